The molecular formula is C18H21BrClN. The summed E-state index contributed by atoms with van der Waals surface area (Å²) in [5.74, 6) is 0. The van der Waals surface area contributed by atoms with Crippen molar-refractivity contribution in [3.05, 3.63) is 68.1 Å². The van der Waals surface area contributed by atoms with E-state index in [1.54, 1.807) is 0 Å². The molecule has 0 heterocycles. The van der Waals surface area contributed by atoms with Gasteiger partial charge in [0.2, 0.25) is 0 Å². The SMILES string of the molecule is CCCNC(c1ccc(C)c(C)c1)c1ccc(Br)c(Cl)c1. The third-order valence-corrected chi connectivity index (χ3v) is 4.97. The fourth-order valence-electron chi connectivity index (χ4n) is 2.35. The molecule has 2 aromatic rings. The van der Waals surface area contributed by atoms with Gasteiger partial charge in [0, 0.05) is 4.47 Å². The molecular weight excluding hydrogens is 346 g/mol. The van der Waals surface area contributed by atoms with Crippen LogP contribution < -0.4 is 5.32 Å². The first kappa shape index (κ1) is 16.5. The van der Waals surface area contributed by atoms with Crippen LogP contribution in [-0.4, -0.2) is 6.54 Å². The predicted molar refractivity (Wildman–Crippen MR) is 95.2 cm³/mol. The molecule has 0 radical (unpaired) electrons. The van der Waals surface area contributed by atoms with E-state index in [0.29, 0.717) is 0 Å². The van der Waals surface area contributed by atoms with E-state index in [1.165, 1.54) is 22.3 Å². The molecule has 1 unspecified atom stereocenters. The van der Waals surface area contributed by atoms with E-state index in [2.05, 4.69) is 66.3 Å². The molecule has 0 aromatic heterocycles. The lowest BCUT2D eigenvalue weighted by Gasteiger charge is -2.21. The maximum atomic E-state index is 6.26. The third-order valence-electron chi connectivity index (χ3n) is 3.74. The van der Waals surface area contributed by atoms with Crippen LogP contribution in [0.25, 0.3) is 0 Å². The monoisotopic (exact) mass is 365 g/mol. The number of hydrogen-bond acceptors (Lipinski definition) is 1. The molecule has 1 N–H and O–H groups in total. The normalized spacial score (nSPS) is 12.4. The third kappa shape index (κ3) is 4.09. The molecule has 3 heteroatoms. The summed E-state index contributed by atoms with van der Waals surface area (Å²) in [5.41, 5.74) is 5.12. The first-order chi connectivity index (χ1) is 10.0. The highest BCUT2D eigenvalue weighted by atomic mass is 79.9. The molecule has 1 atom stereocenters. The van der Waals surface area contributed by atoms with Crippen molar-refractivity contribution < 1.29 is 0 Å². The molecule has 0 bridgehead atoms. The molecule has 0 saturated heterocycles. The summed E-state index contributed by atoms with van der Waals surface area (Å²) in [7, 11) is 0. The lowest BCUT2D eigenvalue weighted by atomic mass is 9.95. The number of halogens is 2. The molecule has 0 saturated carbocycles. The molecule has 0 aliphatic carbocycles. The summed E-state index contributed by atoms with van der Waals surface area (Å²) in [6.07, 6.45) is 1.10. The summed E-state index contributed by atoms with van der Waals surface area (Å²) in [4.78, 5) is 0. The molecule has 2 aromatic carbocycles. The summed E-state index contributed by atoms with van der Waals surface area (Å²) < 4.78 is 0.933. The molecule has 0 amide bonds. The van der Waals surface area contributed by atoms with Crippen molar-refractivity contribution in [1.82, 2.24) is 5.32 Å². The van der Waals surface area contributed by atoms with Gasteiger partial charge in [-0.1, -0.05) is 42.8 Å². The van der Waals surface area contributed by atoms with Gasteiger partial charge < -0.3 is 5.32 Å². The van der Waals surface area contributed by atoms with Crippen LogP contribution in [0.4, 0.5) is 0 Å². The first-order valence-corrected chi connectivity index (χ1v) is 8.45. The summed E-state index contributed by atoms with van der Waals surface area (Å²) in [5, 5.41) is 4.37. The summed E-state index contributed by atoms with van der Waals surface area (Å²) >= 11 is 9.72. The van der Waals surface area contributed by atoms with E-state index in [-0.39, 0.29) is 6.04 Å². The maximum Gasteiger partial charge on any atom is 0.0577 e. The molecule has 112 valence electrons. The van der Waals surface area contributed by atoms with Crippen LogP contribution in [0.3, 0.4) is 0 Å². The van der Waals surface area contributed by atoms with Crippen molar-refractivity contribution in [1.29, 1.82) is 0 Å². The molecule has 0 aliphatic rings. The Bertz CT molecular complexity index is 573. The second-order valence-electron chi connectivity index (χ2n) is 5.40. The second-order valence-corrected chi connectivity index (χ2v) is 6.67. The molecule has 21 heavy (non-hydrogen) atoms. The van der Waals surface area contributed by atoms with Crippen molar-refractivity contribution in [3.8, 4) is 0 Å². The molecule has 1 nitrogen and oxygen atoms in total. The van der Waals surface area contributed by atoms with Crippen molar-refractivity contribution in [2.45, 2.75) is 33.2 Å². The minimum atomic E-state index is 0.176. The minimum Gasteiger partial charge on any atom is -0.306 e. The van der Waals surface area contributed by atoms with Crippen LogP contribution in [0.1, 0.15) is 41.6 Å². The van der Waals surface area contributed by atoms with Gasteiger partial charge in [-0.3, -0.25) is 0 Å². The highest BCUT2D eigenvalue weighted by Gasteiger charge is 2.15. The Morgan fingerprint density at radius 3 is 2.33 bits per heavy atom. The number of hydrogen-bond donors (Lipinski definition) is 1. The Morgan fingerprint density at radius 2 is 1.71 bits per heavy atom. The standard InChI is InChI=1S/C18H21BrClN/c1-4-9-21-18(14-6-5-12(2)13(3)10-14)15-7-8-16(19)17(20)11-15/h5-8,10-11,18,21H,4,9H2,1-3H3. The fourth-order valence-corrected chi connectivity index (χ4v) is 2.79. The smallest absolute Gasteiger partial charge is 0.0577 e. The predicted octanol–water partition coefficient (Wildman–Crippen LogP) is 5.81. The van der Waals surface area contributed by atoms with Crippen LogP contribution in [0.15, 0.2) is 40.9 Å². The largest absolute Gasteiger partial charge is 0.306 e. The van der Waals surface area contributed by atoms with Gasteiger partial charge in [-0.05, 0) is 77.1 Å². The van der Waals surface area contributed by atoms with Gasteiger partial charge in [0.05, 0.1) is 11.1 Å². The highest BCUT2D eigenvalue weighted by Crippen LogP contribution is 2.30. The van der Waals surface area contributed by atoms with Gasteiger partial charge in [0.15, 0.2) is 0 Å². The summed E-state index contributed by atoms with van der Waals surface area (Å²) in [6.45, 7) is 7.46. The lowest BCUT2D eigenvalue weighted by Crippen LogP contribution is -2.23. The number of rotatable bonds is 5. The Labute approximate surface area is 140 Å². The topological polar surface area (TPSA) is 12.0 Å². The van der Waals surface area contributed by atoms with E-state index in [4.69, 9.17) is 11.6 Å². The quantitative estimate of drug-likeness (QED) is 0.704. The van der Waals surface area contributed by atoms with E-state index < -0.39 is 0 Å². The fraction of sp³-hybridized carbons (Fsp3) is 0.333. The average molecular weight is 367 g/mol. The van der Waals surface area contributed by atoms with Crippen molar-refractivity contribution in [2.24, 2.45) is 0 Å². The van der Waals surface area contributed by atoms with Crippen molar-refractivity contribution in [3.63, 3.8) is 0 Å². The number of benzene rings is 2. The zero-order valence-electron chi connectivity index (χ0n) is 12.7. The van der Waals surface area contributed by atoms with Crippen molar-refractivity contribution in [2.75, 3.05) is 6.54 Å². The van der Waals surface area contributed by atoms with Crippen LogP contribution in [0, 0.1) is 13.8 Å². The first-order valence-electron chi connectivity index (χ1n) is 7.28. The Morgan fingerprint density at radius 1 is 1.05 bits per heavy atom. The van der Waals surface area contributed by atoms with Gasteiger partial charge >= 0.3 is 0 Å². The number of nitrogens with one attached hydrogen (secondary N) is 1. The Hall–Kier alpha value is -0.830. The van der Waals surface area contributed by atoms with Gasteiger partial charge in [0.1, 0.15) is 0 Å². The number of aryl methyl sites for hydroxylation is 2. The molecule has 2 rings (SSSR count). The van der Waals surface area contributed by atoms with Crippen molar-refractivity contribution >= 4 is 27.5 Å². The van der Waals surface area contributed by atoms with Crippen LogP contribution in [0.5, 0.6) is 0 Å². The van der Waals surface area contributed by atoms with Crippen LogP contribution in [0.2, 0.25) is 5.02 Å². The highest BCUT2D eigenvalue weighted by molar-refractivity contribution is 9.10. The Balaban J connectivity index is 2.41. The van der Waals surface area contributed by atoms with E-state index in [0.717, 1.165) is 22.5 Å². The van der Waals surface area contributed by atoms with E-state index in [9.17, 15) is 0 Å². The maximum absolute atomic E-state index is 6.26. The zero-order chi connectivity index (χ0) is 15.4. The van der Waals surface area contributed by atoms with Gasteiger partial charge in [-0.25, -0.2) is 0 Å². The van der Waals surface area contributed by atoms with Crippen LogP contribution in [-0.2, 0) is 0 Å². The molecule has 0 fully saturated rings. The molecule has 0 spiro atoms. The summed E-state index contributed by atoms with van der Waals surface area (Å²) in [6, 6.07) is 13.0. The van der Waals surface area contributed by atoms with E-state index in [1.807, 2.05) is 12.1 Å². The van der Waals surface area contributed by atoms with E-state index >= 15 is 0 Å². The minimum absolute atomic E-state index is 0.176. The zero-order valence-corrected chi connectivity index (χ0v) is 15.1. The van der Waals surface area contributed by atoms with Gasteiger partial charge in [-0.2, -0.15) is 0 Å². The molecule has 0 aliphatic heterocycles. The second kappa shape index (κ2) is 7.44. The van der Waals surface area contributed by atoms with Gasteiger partial charge in [-0.15, -0.1) is 0 Å². The average Bonchev–Trinajstić information content (AvgIpc) is 2.46. The van der Waals surface area contributed by atoms with Crippen LogP contribution >= 0.6 is 27.5 Å². The Kier molecular flexibility index (Phi) is 5.86. The van der Waals surface area contributed by atoms with Gasteiger partial charge in [0.25, 0.3) is 0 Å². The lowest BCUT2D eigenvalue weighted by molar-refractivity contribution is 0.598.